The van der Waals surface area contributed by atoms with Crippen molar-refractivity contribution in [2.75, 3.05) is 0 Å². The zero-order valence-corrected chi connectivity index (χ0v) is 12.2. The molecule has 0 saturated carbocycles. The monoisotopic (exact) mass is 278 g/mol. The molecule has 2 N–H and O–H groups in total. The summed E-state index contributed by atoms with van der Waals surface area (Å²) < 4.78 is 0. The lowest BCUT2D eigenvalue weighted by atomic mass is 9.63. The molecule has 2 atom stereocenters. The van der Waals surface area contributed by atoms with E-state index in [0.29, 0.717) is 18.4 Å². The van der Waals surface area contributed by atoms with Gasteiger partial charge in [-0.2, -0.15) is 0 Å². The highest BCUT2D eigenvalue weighted by atomic mass is 16.4. The quantitative estimate of drug-likeness (QED) is 0.443. The second-order valence-electron chi connectivity index (χ2n) is 4.97. The van der Waals surface area contributed by atoms with Crippen LogP contribution in [0.15, 0.2) is 35.5 Å². The third-order valence-electron chi connectivity index (χ3n) is 4.18. The molecular formula is C16H22O4. The van der Waals surface area contributed by atoms with E-state index < -0.39 is 22.9 Å². The molecule has 4 heteroatoms. The number of hydrogen-bond donors (Lipinski definition) is 2. The predicted molar refractivity (Wildman–Crippen MR) is 77.4 cm³/mol. The fraction of sp³-hybridized carbons (Fsp3) is 0.500. The maximum atomic E-state index is 11.4. The summed E-state index contributed by atoms with van der Waals surface area (Å²) in [4.78, 5) is 22.7. The number of allylic oxidation sites excluding steroid dienone is 5. The number of carboxylic acids is 2. The van der Waals surface area contributed by atoms with Crippen molar-refractivity contribution in [2.45, 2.75) is 40.0 Å². The van der Waals surface area contributed by atoms with Crippen LogP contribution in [-0.4, -0.2) is 22.2 Å². The third kappa shape index (κ3) is 2.69. The lowest BCUT2D eigenvalue weighted by Crippen LogP contribution is -2.33. The van der Waals surface area contributed by atoms with Gasteiger partial charge in [0.15, 0.2) is 0 Å². The highest BCUT2D eigenvalue weighted by Gasteiger charge is 2.40. The van der Waals surface area contributed by atoms with Crippen molar-refractivity contribution < 1.29 is 19.8 Å². The largest absolute Gasteiger partial charge is 0.477 e. The van der Waals surface area contributed by atoms with Gasteiger partial charge in [-0.3, -0.25) is 0 Å². The van der Waals surface area contributed by atoms with E-state index in [2.05, 4.69) is 0 Å². The van der Waals surface area contributed by atoms with Gasteiger partial charge in [0.05, 0.1) is 0 Å². The standard InChI is InChI=1S/C16H22O4/c1-4-11-9-7-8-10-16(11,6-3)12(5-2)13(14(17)18)15(19)20/h7-11H,4-6H2,1-3H3,(H,17,18)(H,19,20). The van der Waals surface area contributed by atoms with E-state index in [-0.39, 0.29) is 5.92 Å². The van der Waals surface area contributed by atoms with Crippen molar-refractivity contribution in [1.82, 2.24) is 0 Å². The van der Waals surface area contributed by atoms with Gasteiger partial charge < -0.3 is 10.2 Å². The fourth-order valence-electron chi connectivity index (χ4n) is 3.23. The Kier molecular flexibility index (Phi) is 5.31. The Hall–Kier alpha value is -1.84. The predicted octanol–water partition coefficient (Wildman–Crippen LogP) is 3.41. The SMILES string of the molecule is CCC(=C(C(=O)O)C(=O)O)C1(CC)C=CC=CC1CC. The first-order valence-electron chi connectivity index (χ1n) is 7.00. The summed E-state index contributed by atoms with van der Waals surface area (Å²) in [6.07, 6.45) is 9.76. The van der Waals surface area contributed by atoms with E-state index in [4.69, 9.17) is 0 Å². The molecule has 20 heavy (non-hydrogen) atoms. The van der Waals surface area contributed by atoms with Gasteiger partial charge in [-0.1, -0.05) is 45.1 Å². The van der Waals surface area contributed by atoms with E-state index in [1.807, 2.05) is 45.1 Å². The summed E-state index contributed by atoms with van der Waals surface area (Å²) in [6.45, 7) is 5.83. The lowest BCUT2D eigenvalue weighted by Gasteiger charge is -2.40. The summed E-state index contributed by atoms with van der Waals surface area (Å²) in [5, 5.41) is 18.5. The van der Waals surface area contributed by atoms with Gasteiger partial charge in [0.2, 0.25) is 0 Å². The van der Waals surface area contributed by atoms with E-state index in [1.165, 1.54) is 0 Å². The maximum absolute atomic E-state index is 11.4. The average Bonchev–Trinajstić information content (AvgIpc) is 2.43. The second-order valence-corrected chi connectivity index (χ2v) is 4.97. The molecule has 0 saturated heterocycles. The molecular weight excluding hydrogens is 256 g/mol. The smallest absolute Gasteiger partial charge is 0.343 e. The molecule has 0 bridgehead atoms. The van der Waals surface area contributed by atoms with Gasteiger partial charge in [-0.05, 0) is 30.8 Å². The molecule has 0 heterocycles. The Morgan fingerprint density at radius 1 is 1.10 bits per heavy atom. The highest BCUT2D eigenvalue weighted by molar-refractivity contribution is 6.13. The Balaban J connectivity index is 3.57. The normalized spacial score (nSPS) is 24.4. The van der Waals surface area contributed by atoms with Crippen LogP contribution in [0.4, 0.5) is 0 Å². The van der Waals surface area contributed by atoms with Crippen molar-refractivity contribution in [2.24, 2.45) is 11.3 Å². The van der Waals surface area contributed by atoms with Gasteiger partial charge in [-0.15, -0.1) is 0 Å². The summed E-state index contributed by atoms with van der Waals surface area (Å²) in [6, 6.07) is 0. The first kappa shape index (κ1) is 16.2. The number of rotatable bonds is 6. The molecule has 0 aromatic heterocycles. The van der Waals surface area contributed by atoms with Crippen molar-refractivity contribution >= 4 is 11.9 Å². The summed E-state index contributed by atoms with van der Waals surface area (Å²) in [7, 11) is 0. The van der Waals surface area contributed by atoms with Crippen LogP contribution in [0, 0.1) is 11.3 Å². The zero-order chi connectivity index (χ0) is 15.3. The Morgan fingerprint density at radius 2 is 1.70 bits per heavy atom. The molecule has 1 aliphatic rings. The van der Waals surface area contributed by atoms with Gasteiger partial charge >= 0.3 is 11.9 Å². The number of aliphatic carboxylic acids is 2. The van der Waals surface area contributed by atoms with Crippen LogP contribution in [0.1, 0.15) is 40.0 Å². The summed E-state index contributed by atoms with van der Waals surface area (Å²) in [5.41, 5.74) is -0.482. The number of carboxylic acid groups (broad SMARTS) is 2. The maximum Gasteiger partial charge on any atom is 0.343 e. The minimum absolute atomic E-state index is 0.126. The molecule has 0 aromatic carbocycles. The molecule has 0 amide bonds. The van der Waals surface area contributed by atoms with Crippen LogP contribution in [-0.2, 0) is 9.59 Å². The van der Waals surface area contributed by atoms with Crippen molar-refractivity contribution in [3.63, 3.8) is 0 Å². The Labute approximate surface area is 119 Å². The van der Waals surface area contributed by atoms with E-state index in [1.54, 1.807) is 0 Å². The molecule has 1 rings (SSSR count). The van der Waals surface area contributed by atoms with Gasteiger partial charge in [0.1, 0.15) is 5.57 Å². The number of hydrogen-bond acceptors (Lipinski definition) is 2. The first-order chi connectivity index (χ1) is 9.44. The van der Waals surface area contributed by atoms with Gasteiger partial charge in [-0.25, -0.2) is 9.59 Å². The number of carbonyl (C=O) groups is 2. The summed E-state index contributed by atoms with van der Waals surface area (Å²) >= 11 is 0. The van der Waals surface area contributed by atoms with Gasteiger partial charge in [0.25, 0.3) is 0 Å². The molecule has 0 fully saturated rings. The van der Waals surface area contributed by atoms with Crippen LogP contribution in [0.25, 0.3) is 0 Å². The molecule has 1 aliphatic carbocycles. The van der Waals surface area contributed by atoms with Crippen LogP contribution < -0.4 is 0 Å². The van der Waals surface area contributed by atoms with Crippen molar-refractivity contribution in [3.8, 4) is 0 Å². The third-order valence-corrected chi connectivity index (χ3v) is 4.18. The molecule has 0 aromatic rings. The van der Waals surface area contributed by atoms with E-state index in [9.17, 15) is 19.8 Å². The molecule has 2 unspecified atom stereocenters. The van der Waals surface area contributed by atoms with Gasteiger partial charge in [0, 0.05) is 5.41 Å². The van der Waals surface area contributed by atoms with Crippen LogP contribution in [0.5, 0.6) is 0 Å². The van der Waals surface area contributed by atoms with E-state index in [0.717, 1.165) is 6.42 Å². The lowest BCUT2D eigenvalue weighted by molar-refractivity contribution is -0.140. The fourth-order valence-corrected chi connectivity index (χ4v) is 3.23. The zero-order valence-electron chi connectivity index (χ0n) is 12.2. The minimum Gasteiger partial charge on any atom is -0.477 e. The van der Waals surface area contributed by atoms with Crippen molar-refractivity contribution in [3.05, 3.63) is 35.5 Å². The van der Waals surface area contributed by atoms with Crippen LogP contribution >= 0.6 is 0 Å². The van der Waals surface area contributed by atoms with Crippen molar-refractivity contribution in [1.29, 1.82) is 0 Å². The molecule has 4 nitrogen and oxygen atoms in total. The van der Waals surface area contributed by atoms with E-state index >= 15 is 0 Å². The topological polar surface area (TPSA) is 74.6 Å². The first-order valence-corrected chi connectivity index (χ1v) is 7.00. The molecule has 0 radical (unpaired) electrons. The average molecular weight is 278 g/mol. The van der Waals surface area contributed by atoms with Crippen LogP contribution in [0.3, 0.4) is 0 Å². The minimum atomic E-state index is -1.36. The second kappa shape index (κ2) is 6.55. The molecule has 0 spiro atoms. The molecule has 110 valence electrons. The van der Waals surface area contributed by atoms with Crippen LogP contribution in [0.2, 0.25) is 0 Å². The molecule has 0 aliphatic heterocycles. The summed E-state index contributed by atoms with van der Waals surface area (Å²) in [5.74, 6) is -2.60. The highest BCUT2D eigenvalue weighted by Crippen LogP contribution is 2.47. The Bertz CT molecular complexity index is 469. The Morgan fingerprint density at radius 3 is 2.10 bits per heavy atom.